The molecule has 0 radical (unpaired) electrons. The lowest BCUT2D eigenvalue weighted by atomic mass is 10.3. The van der Waals surface area contributed by atoms with E-state index in [1.807, 2.05) is 0 Å². The molecule has 0 saturated carbocycles. The molecule has 0 aliphatic rings. The average molecular weight is 261 g/mol. The first-order valence-corrected chi connectivity index (χ1v) is 6.09. The van der Waals surface area contributed by atoms with E-state index in [0.717, 1.165) is 18.6 Å². The maximum Gasteiger partial charge on any atom is 0.356 e. The van der Waals surface area contributed by atoms with E-state index in [4.69, 9.17) is 9.84 Å². The van der Waals surface area contributed by atoms with Crippen molar-refractivity contribution < 1.29 is 14.6 Å². The van der Waals surface area contributed by atoms with Crippen molar-refractivity contribution >= 4 is 5.97 Å². The lowest BCUT2D eigenvalue weighted by Gasteiger charge is -2.07. The molecule has 0 aliphatic carbocycles. The number of carboxylic acids is 1. The summed E-state index contributed by atoms with van der Waals surface area (Å²) >= 11 is 0. The smallest absolute Gasteiger partial charge is 0.356 e. The van der Waals surface area contributed by atoms with Crippen LogP contribution in [0.1, 0.15) is 30.3 Å². The molecule has 2 aromatic rings. The van der Waals surface area contributed by atoms with Crippen LogP contribution in [0.2, 0.25) is 0 Å². The first kappa shape index (κ1) is 13.1. The first-order chi connectivity index (χ1) is 9.22. The van der Waals surface area contributed by atoms with E-state index in [2.05, 4.69) is 17.2 Å². The predicted octanol–water partition coefficient (Wildman–Crippen LogP) is 2.14. The molecule has 0 saturated heterocycles. The lowest BCUT2D eigenvalue weighted by Crippen LogP contribution is -2.07. The zero-order chi connectivity index (χ0) is 13.7. The summed E-state index contributed by atoms with van der Waals surface area (Å²) < 4.78 is 6.81. The zero-order valence-corrected chi connectivity index (χ0v) is 10.6. The Labute approximate surface area is 110 Å². The maximum atomic E-state index is 11.0. The Kier molecular flexibility index (Phi) is 4.12. The monoisotopic (exact) mass is 261 g/mol. The number of nitrogens with zero attached hydrogens (tertiary/aromatic N) is 3. The summed E-state index contributed by atoms with van der Waals surface area (Å²) in [6, 6.07) is 7.08. The van der Waals surface area contributed by atoms with Crippen molar-refractivity contribution in [3.05, 3.63) is 36.2 Å². The fourth-order valence-electron chi connectivity index (χ4n) is 1.59. The van der Waals surface area contributed by atoms with Crippen LogP contribution in [-0.2, 0) is 0 Å². The highest BCUT2D eigenvalue weighted by molar-refractivity contribution is 5.85. The van der Waals surface area contributed by atoms with Gasteiger partial charge in [0.25, 0.3) is 0 Å². The Hall–Kier alpha value is -2.37. The molecular weight excluding hydrogens is 246 g/mol. The largest absolute Gasteiger partial charge is 0.494 e. The minimum absolute atomic E-state index is 0.0275. The highest BCUT2D eigenvalue weighted by Crippen LogP contribution is 2.16. The summed E-state index contributed by atoms with van der Waals surface area (Å²) in [5.41, 5.74) is 0.664. The van der Waals surface area contributed by atoms with Gasteiger partial charge in [-0.15, -0.1) is 5.10 Å². The molecule has 100 valence electrons. The van der Waals surface area contributed by atoms with Gasteiger partial charge in [-0.05, 0) is 30.7 Å². The summed E-state index contributed by atoms with van der Waals surface area (Å²) in [6.07, 6.45) is 3.31. The van der Waals surface area contributed by atoms with Gasteiger partial charge in [0.15, 0.2) is 5.69 Å². The summed E-state index contributed by atoms with van der Waals surface area (Å²) in [5, 5.41) is 16.3. The van der Waals surface area contributed by atoms with Crippen LogP contribution in [0.3, 0.4) is 0 Å². The number of carboxylic acid groups (broad SMARTS) is 1. The summed E-state index contributed by atoms with van der Waals surface area (Å²) in [6.45, 7) is 2.78. The van der Waals surface area contributed by atoms with Gasteiger partial charge >= 0.3 is 5.97 Å². The van der Waals surface area contributed by atoms with Crippen LogP contribution in [0.4, 0.5) is 0 Å². The number of ether oxygens (including phenoxy) is 1. The molecule has 1 aromatic heterocycles. The molecule has 1 heterocycles. The highest BCUT2D eigenvalue weighted by atomic mass is 16.5. The normalized spacial score (nSPS) is 10.4. The van der Waals surface area contributed by atoms with E-state index >= 15 is 0 Å². The Balaban J connectivity index is 2.13. The Morgan fingerprint density at radius 3 is 2.74 bits per heavy atom. The zero-order valence-electron chi connectivity index (χ0n) is 10.6. The Bertz CT molecular complexity index is 549. The van der Waals surface area contributed by atoms with Gasteiger partial charge in [-0.1, -0.05) is 18.6 Å². The number of carbonyl (C=O) groups is 1. The SMILES string of the molecule is CCCCOc1ccc(-n2nncc2C(=O)O)cc1. The van der Waals surface area contributed by atoms with Crippen molar-refractivity contribution in [2.24, 2.45) is 0 Å². The quantitative estimate of drug-likeness (QED) is 0.806. The summed E-state index contributed by atoms with van der Waals surface area (Å²) in [5.74, 6) is -0.303. The van der Waals surface area contributed by atoms with Crippen LogP contribution in [0.5, 0.6) is 5.75 Å². The van der Waals surface area contributed by atoms with Crippen LogP contribution in [0.15, 0.2) is 30.5 Å². The van der Waals surface area contributed by atoms with Crippen LogP contribution < -0.4 is 4.74 Å². The van der Waals surface area contributed by atoms with Gasteiger partial charge in [-0.3, -0.25) is 0 Å². The Morgan fingerprint density at radius 2 is 2.11 bits per heavy atom. The van der Waals surface area contributed by atoms with Gasteiger partial charge in [0, 0.05) is 0 Å². The molecule has 0 unspecified atom stereocenters. The van der Waals surface area contributed by atoms with Gasteiger partial charge in [0.1, 0.15) is 5.75 Å². The van der Waals surface area contributed by atoms with Crippen molar-refractivity contribution in [2.45, 2.75) is 19.8 Å². The van der Waals surface area contributed by atoms with Crippen molar-refractivity contribution in [1.82, 2.24) is 15.0 Å². The van der Waals surface area contributed by atoms with Gasteiger partial charge in [0.2, 0.25) is 0 Å². The minimum Gasteiger partial charge on any atom is -0.494 e. The van der Waals surface area contributed by atoms with Crippen LogP contribution in [0, 0.1) is 0 Å². The van der Waals surface area contributed by atoms with E-state index < -0.39 is 5.97 Å². The summed E-state index contributed by atoms with van der Waals surface area (Å²) in [4.78, 5) is 11.0. The number of aromatic carboxylic acids is 1. The number of unbranched alkanes of at least 4 members (excludes halogenated alkanes) is 1. The van der Waals surface area contributed by atoms with E-state index in [1.54, 1.807) is 24.3 Å². The van der Waals surface area contributed by atoms with Crippen molar-refractivity contribution in [3.8, 4) is 11.4 Å². The van der Waals surface area contributed by atoms with Crippen molar-refractivity contribution in [1.29, 1.82) is 0 Å². The van der Waals surface area contributed by atoms with E-state index in [0.29, 0.717) is 12.3 Å². The van der Waals surface area contributed by atoms with Gasteiger partial charge < -0.3 is 9.84 Å². The number of hydrogen-bond acceptors (Lipinski definition) is 4. The van der Waals surface area contributed by atoms with Gasteiger partial charge in [-0.2, -0.15) is 0 Å². The molecule has 0 fully saturated rings. The number of aromatic nitrogens is 3. The fraction of sp³-hybridized carbons (Fsp3) is 0.308. The fourth-order valence-corrected chi connectivity index (χ4v) is 1.59. The number of benzene rings is 1. The molecule has 6 heteroatoms. The van der Waals surface area contributed by atoms with E-state index in [9.17, 15) is 4.79 Å². The third-order valence-electron chi connectivity index (χ3n) is 2.62. The molecule has 0 bridgehead atoms. The summed E-state index contributed by atoms with van der Waals surface area (Å²) in [7, 11) is 0. The maximum absolute atomic E-state index is 11.0. The van der Waals surface area contributed by atoms with E-state index in [1.165, 1.54) is 10.9 Å². The predicted molar refractivity (Wildman–Crippen MR) is 68.7 cm³/mol. The molecule has 19 heavy (non-hydrogen) atoms. The van der Waals surface area contributed by atoms with Crippen LogP contribution in [0.25, 0.3) is 5.69 Å². The molecule has 1 N–H and O–H groups in total. The molecule has 2 rings (SSSR count). The second-order valence-corrected chi connectivity index (χ2v) is 4.03. The Morgan fingerprint density at radius 1 is 1.37 bits per heavy atom. The highest BCUT2D eigenvalue weighted by Gasteiger charge is 2.12. The third kappa shape index (κ3) is 3.09. The molecule has 1 aromatic carbocycles. The average Bonchev–Trinajstić information content (AvgIpc) is 2.89. The minimum atomic E-state index is -1.06. The molecule has 0 atom stereocenters. The van der Waals surface area contributed by atoms with E-state index in [-0.39, 0.29) is 5.69 Å². The molecule has 0 aliphatic heterocycles. The second-order valence-electron chi connectivity index (χ2n) is 4.03. The van der Waals surface area contributed by atoms with Crippen molar-refractivity contribution in [2.75, 3.05) is 6.61 Å². The standard InChI is InChI=1S/C13H15N3O3/c1-2-3-8-19-11-6-4-10(5-7-11)16-12(13(17)18)9-14-15-16/h4-7,9H,2-3,8H2,1H3,(H,17,18). The number of hydrogen-bond donors (Lipinski definition) is 1. The lowest BCUT2D eigenvalue weighted by molar-refractivity contribution is 0.0687. The molecular formula is C13H15N3O3. The topological polar surface area (TPSA) is 77.2 Å². The molecule has 0 spiro atoms. The van der Waals surface area contributed by atoms with Gasteiger partial charge in [0.05, 0.1) is 18.5 Å². The van der Waals surface area contributed by atoms with Gasteiger partial charge in [-0.25, -0.2) is 9.48 Å². The first-order valence-electron chi connectivity index (χ1n) is 6.09. The second kappa shape index (κ2) is 5.99. The third-order valence-corrected chi connectivity index (χ3v) is 2.62. The number of rotatable bonds is 6. The van der Waals surface area contributed by atoms with Crippen LogP contribution in [-0.4, -0.2) is 32.7 Å². The van der Waals surface area contributed by atoms with Crippen LogP contribution >= 0.6 is 0 Å². The molecule has 0 amide bonds. The van der Waals surface area contributed by atoms with Crippen molar-refractivity contribution in [3.63, 3.8) is 0 Å². The molecule has 6 nitrogen and oxygen atoms in total.